The number of unbranched alkanes of at least 4 members (excludes halogenated alkanes) is 2. The van der Waals surface area contributed by atoms with Crippen molar-refractivity contribution in [2.75, 3.05) is 26.4 Å². The predicted molar refractivity (Wildman–Crippen MR) is 131 cm³/mol. The van der Waals surface area contributed by atoms with Gasteiger partial charge in [0.2, 0.25) is 0 Å². The number of halogens is 2. The highest BCUT2D eigenvalue weighted by Crippen LogP contribution is 2.50. The number of rotatable bonds is 15. The zero-order valence-electron chi connectivity index (χ0n) is 22.1. The lowest BCUT2D eigenvalue weighted by atomic mass is 9.73. The molecule has 9 heteroatoms. The number of aliphatic hydroxyl groups excluding tert-OH is 3. The predicted octanol–water partition coefficient (Wildman–Crippen LogP) is 4.40. The van der Waals surface area contributed by atoms with Crippen LogP contribution in [0.25, 0.3) is 0 Å². The van der Waals surface area contributed by atoms with Crippen LogP contribution in [-0.2, 0) is 18.9 Å². The van der Waals surface area contributed by atoms with Gasteiger partial charge in [0.15, 0.2) is 12.1 Å². The molecule has 212 valence electrons. The van der Waals surface area contributed by atoms with E-state index in [1.165, 1.54) is 0 Å². The topological polar surface area (TPSA) is 97.6 Å². The van der Waals surface area contributed by atoms with E-state index in [4.69, 9.17) is 18.9 Å². The summed E-state index contributed by atoms with van der Waals surface area (Å²) >= 11 is 0. The molecule has 2 aliphatic heterocycles. The molecular formula is C27H48F2O7. The van der Waals surface area contributed by atoms with Gasteiger partial charge in [-0.3, -0.25) is 0 Å². The SMILES string of the molecule is CCCCCC1(CC[C@@H]2[C@H]([C@H](CCCO)C(F)(F)C(C)O)[C@@H](O)C[C@H]2OC2CCCCO2)OCCO1. The molecule has 36 heavy (non-hydrogen) atoms. The molecule has 3 fully saturated rings. The first-order valence-corrected chi connectivity index (χ1v) is 14.1. The van der Waals surface area contributed by atoms with Crippen LogP contribution in [0.1, 0.15) is 90.9 Å². The maximum absolute atomic E-state index is 15.4. The maximum atomic E-state index is 15.4. The van der Waals surface area contributed by atoms with Gasteiger partial charge in [-0.1, -0.05) is 19.8 Å². The normalized spacial score (nSPS) is 32.6. The molecule has 2 saturated heterocycles. The van der Waals surface area contributed by atoms with Gasteiger partial charge in [-0.05, 0) is 63.7 Å². The number of ether oxygens (including phenoxy) is 4. The van der Waals surface area contributed by atoms with Gasteiger partial charge >= 0.3 is 0 Å². The molecule has 3 rings (SSSR count). The molecule has 7 atom stereocenters. The summed E-state index contributed by atoms with van der Waals surface area (Å²) in [7, 11) is 0. The van der Waals surface area contributed by atoms with E-state index in [1.54, 1.807) is 0 Å². The number of hydrogen-bond acceptors (Lipinski definition) is 7. The summed E-state index contributed by atoms with van der Waals surface area (Å²) in [5.41, 5.74) is 0. The van der Waals surface area contributed by atoms with Crippen molar-refractivity contribution >= 4 is 0 Å². The van der Waals surface area contributed by atoms with E-state index in [0.29, 0.717) is 32.7 Å². The van der Waals surface area contributed by atoms with Gasteiger partial charge in [0.05, 0.1) is 25.4 Å². The third-order valence-electron chi connectivity index (χ3n) is 8.38. The van der Waals surface area contributed by atoms with Gasteiger partial charge in [0.1, 0.15) is 6.10 Å². The van der Waals surface area contributed by atoms with Crippen LogP contribution < -0.4 is 0 Å². The Morgan fingerprint density at radius 1 is 1.08 bits per heavy atom. The van der Waals surface area contributed by atoms with Gasteiger partial charge in [-0.2, -0.15) is 0 Å². The Labute approximate surface area is 214 Å². The summed E-state index contributed by atoms with van der Waals surface area (Å²) in [4.78, 5) is 0. The molecule has 2 heterocycles. The van der Waals surface area contributed by atoms with Crippen molar-refractivity contribution in [1.29, 1.82) is 0 Å². The van der Waals surface area contributed by atoms with Crippen molar-refractivity contribution < 1.29 is 43.0 Å². The van der Waals surface area contributed by atoms with Crippen LogP contribution in [0.5, 0.6) is 0 Å². The Morgan fingerprint density at radius 2 is 1.83 bits per heavy atom. The summed E-state index contributed by atoms with van der Waals surface area (Å²) in [6.07, 6.45) is 4.29. The zero-order valence-corrected chi connectivity index (χ0v) is 22.1. The van der Waals surface area contributed by atoms with Crippen molar-refractivity contribution in [3.63, 3.8) is 0 Å². The highest BCUT2D eigenvalue weighted by molar-refractivity contribution is 5.00. The minimum atomic E-state index is -3.41. The van der Waals surface area contributed by atoms with Crippen LogP contribution in [0.2, 0.25) is 0 Å². The smallest absolute Gasteiger partial charge is 0.276 e. The van der Waals surface area contributed by atoms with Crippen LogP contribution in [-0.4, -0.2) is 78.1 Å². The van der Waals surface area contributed by atoms with E-state index < -0.39 is 48.1 Å². The van der Waals surface area contributed by atoms with Gasteiger partial charge in [-0.15, -0.1) is 0 Å². The second kappa shape index (κ2) is 14.1. The maximum Gasteiger partial charge on any atom is 0.276 e. The molecule has 0 amide bonds. The Kier molecular flexibility index (Phi) is 11.8. The second-order valence-electron chi connectivity index (χ2n) is 10.9. The lowest BCUT2D eigenvalue weighted by molar-refractivity contribution is -0.207. The van der Waals surface area contributed by atoms with E-state index in [0.717, 1.165) is 51.9 Å². The lowest BCUT2D eigenvalue weighted by Crippen LogP contribution is -2.47. The first kappa shape index (κ1) is 30.1. The third kappa shape index (κ3) is 7.58. The van der Waals surface area contributed by atoms with Crippen molar-refractivity contribution in [2.24, 2.45) is 17.8 Å². The summed E-state index contributed by atoms with van der Waals surface area (Å²) in [6, 6.07) is 0. The third-order valence-corrected chi connectivity index (χ3v) is 8.38. The van der Waals surface area contributed by atoms with E-state index >= 15 is 8.78 Å². The number of alkyl halides is 2. The quantitative estimate of drug-likeness (QED) is 0.274. The van der Waals surface area contributed by atoms with Crippen molar-refractivity contribution in [3.8, 4) is 0 Å². The van der Waals surface area contributed by atoms with Crippen LogP contribution in [0, 0.1) is 17.8 Å². The largest absolute Gasteiger partial charge is 0.396 e. The van der Waals surface area contributed by atoms with E-state index in [2.05, 4.69) is 6.92 Å². The standard InChI is InChI=1S/C27H48F2O7/c1-3-4-6-12-26(34-16-17-35-26)13-11-20-23(36-24-10-5-7-15-33-24)18-22(32)25(20)21(9-8-14-30)27(28,29)19(2)31/h19-25,30-32H,3-18H2,1-2H3/t19?,20-,21-,22-,23+,24?,25+/m0/s1. The summed E-state index contributed by atoms with van der Waals surface area (Å²) in [6.45, 7) is 4.63. The van der Waals surface area contributed by atoms with E-state index in [9.17, 15) is 15.3 Å². The van der Waals surface area contributed by atoms with Crippen molar-refractivity contribution in [3.05, 3.63) is 0 Å². The van der Waals surface area contributed by atoms with Gasteiger partial charge in [0.25, 0.3) is 5.92 Å². The van der Waals surface area contributed by atoms with Crippen LogP contribution in [0.3, 0.4) is 0 Å². The van der Waals surface area contributed by atoms with E-state index in [-0.39, 0.29) is 31.8 Å². The molecule has 0 bridgehead atoms. The molecule has 3 N–H and O–H groups in total. The fourth-order valence-electron chi connectivity index (χ4n) is 6.42. The molecular weight excluding hydrogens is 474 g/mol. The van der Waals surface area contributed by atoms with Crippen LogP contribution >= 0.6 is 0 Å². The lowest BCUT2D eigenvalue weighted by Gasteiger charge is -2.39. The van der Waals surface area contributed by atoms with Crippen LogP contribution in [0.15, 0.2) is 0 Å². The van der Waals surface area contributed by atoms with Crippen LogP contribution in [0.4, 0.5) is 8.78 Å². The molecule has 1 aliphatic carbocycles. The minimum absolute atomic E-state index is 0.00786. The summed E-state index contributed by atoms with van der Waals surface area (Å²) in [5.74, 6) is -6.59. The van der Waals surface area contributed by atoms with Gasteiger partial charge in [-0.25, -0.2) is 8.78 Å². The first-order chi connectivity index (χ1) is 17.2. The highest BCUT2D eigenvalue weighted by Gasteiger charge is 2.56. The number of hydrogen-bond donors (Lipinski definition) is 3. The Balaban J connectivity index is 1.83. The fourth-order valence-corrected chi connectivity index (χ4v) is 6.42. The number of aliphatic hydroxyl groups is 3. The molecule has 3 aliphatic rings. The molecule has 7 nitrogen and oxygen atoms in total. The fraction of sp³-hybridized carbons (Fsp3) is 1.00. The summed E-state index contributed by atoms with van der Waals surface area (Å²) in [5, 5.41) is 30.5. The van der Waals surface area contributed by atoms with Gasteiger partial charge < -0.3 is 34.3 Å². The molecule has 0 radical (unpaired) electrons. The monoisotopic (exact) mass is 522 g/mol. The van der Waals surface area contributed by atoms with Gasteiger partial charge in [0, 0.05) is 38.4 Å². The Hall–Kier alpha value is -0.420. The highest BCUT2D eigenvalue weighted by atomic mass is 19.3. The minimum Gasteiger partial charge on any atom is -0.396 e. The molecule has 2 unspecified atom stereocenters. The van der Waals surface area contributed by atoms with E-state index in [1.807, 2.05) is 0 Å². The average molecular weight is 523 g/mol. The second-order valence-corrected chi connectivity index (χ2v) is 10.9. The molecule has 0 aromatic heterocycles. The van der Waals surface area contributed by atoms with Crippen molar-refractivity contribution in [1.82, 2.24) is 0 Å². The molecule has 0 aromatic rings. The molecule has 0 spiro atoms. The summed E-state index contributed by atoms with van der Waals surface area (Å²) < 4.78 is 55.0. The zero-order chi connectivity index (χ0) is 26.2. The molecule has 0 aromatic carbocycles. The molecule has 1 saturated carbocycles. The average Bonchev–Trinajstić information content (AvgIpc) is 3.43. The van der Waals surface area contributed by atoms with Crippen molar-refractivity contribution in [2.45, 2.75) is 127 Å². The Bertz CT molecular complexity index is 623. The Morgan fingerprint density at radius 3 is 2.44 bits per heavy atom. The first-order valence-electron chi connectivity index (χ1n) is 14.1.